The average molecular weight is 614 g/mol. The van der Waals surface area contributed by atoms with Crippen LogP contribution in [0.15, 0.2) is 35.5 Å². The molecule has 0 unspecified atom stereocenters. The van der Waals surface area contributed by atoms with Crippen LogP contribution in [0.4, 0.5) is 5.82 Å². The first-order chi connectivity index (χ1) is 19.5. The number of carbonyl (C=O) groups excluding carboxylic acids is 1. The fourth-order valence-corrected chi connectivity index (χ4v) is 10.0. The molecular weight excluding hydrogens is 571 g/mol. The van der Waals surface area contributed by atoms with Gasteiger partial charge in [-0.1, -0.05) is 26.6 Å². The van der Waals surface area contributed by atoms with Crippen LogP contribution in [-0.4, -0.2) is 65.6 Å². The van der Waals surface area contributed by atoms with Crippen LogP contribution in [-0.2, 0) is 17.1 Å². The minimum atomic E-state index is -4.14. The van der Waals surface area contributed by atoms with E-state index < -0.39 is 24.0 Å². The monoisotopic (exact) mass is 613 g/mol. The van der Waals surface area contributed by atoms with Gasteiger partial charge in [0.15, 0.2) is 5.82 Å². The third-order valence-corrected chi connectivity index (χ3v) is 14.4. The summed E-state index contributed by atoms with van der Waals surface area (Å²) in [5, 5.41) is 9.19. The van der Waals surface area contributed by atoms with Gasteiger partial charge in [-0.05, 0) is 69.5 Å². The van der Waals surface area contributed by atoms with Crippen molar-refractivity contribution in [2.75, 3.05) is 18.1 Å². The van der Waals surface area contributed by atoms with Gasteiger partial charge < -0.3 is 9.64 Å². The van der Waals surface area contributed by atoms with Crippen LogP contribution in [0, 0.1) is 12.8 Å². The Labute approximate surface area is 249 Å². The standard InChI is InChI=1S/C29H43N7O4SSi/c1-20-17-28(3,4)35(18-20)26-22(27(37)33-41(38,39)23-19-34(5)31-21(23)2)9-10-24(30-26)36-15-11-25(32-36)40-16-14-29(12-13-29)42(6,7)8/h9-11,15,19-20H,12-14,16-18H2,1-8H3,(H,33,37)/t20-/m0/s1. The highest BCUT2D eigenvalue weighted by Gasteiger charge is 2.52. The second kappa shape index (κ2) is 10.5. The van der Waals surface area contributed by atoms with Gasteiger partial charge in [0.05, 0.1) is 25.9 Å². The molecule has 3 aromatic heterocycles. The molecule has 0 aromatic carbocycles. The van der Waals surface area contributed by atoms with Gasteiger partial charge in [0.2, 0.25) is 5.88 Å². The van der Waals surface area contributed by atoms with Crippen molar-refractivity contribution in [2.24, 2.45) is 13.0 Å². The Bertz CT molecular complexity index is 1600. The number of aryl methyl sites for hydroxylation is 2. The Hall–Kier alpha value is -3.19. The van der Waals surface area contributed by atoms with E-state index in [1.165, 1.54) is 23.7 Å². The molecule has 1 amide bonds. The maximum Gasteiger partial charge on any atom is 0.268 e. The Balaban J connectivity index is 1.41. The van der Waals surface area contributed by atoms with Gasteiger partial charge >= 0.3 is 0 Å². The topological polar surface area (TPSA) is 124 Å². The van der Waals surface area contributed by atoms with Crippen molar-refractivity contribution >= 4 is 29.8 Å². The van der Waals surface area contributed by atoms with Gasteiger partial charge in [-0.25, -0.2) is 22.8 Å². The highest BCUT2D eigenvalue weighted by molar-refractivity contribution is 7.90. The molecule has 5 rings (SSSR count). The van der Waals surface area contributed by atoms with E-state index in [0.29, 0.717) is 47.3 Å². The van der Waals surface area contributed by atoms with Crippen LogP contribution in [0.25, 0.3) is 5.82 Å². The lowest BCUT2D eigenvalue weighted by molar-refractivity contribution is 0.0981. The lowest BCUT2D eigenvalue weighted by atomic mass is 9.97. The summed E-state index contributed by atoms with van der Waals surface area (Å²) < 4.78 is 37.5. The summed E-state index contributed by atoms with van der Waals surface area (Å²) in [7, 11) is -3.75. The highest BCUT2D eigenvalue weighted by atomic mass is 32.2. The van der Waals surface area contributed by atoms with Crippen molar-refractivity contribution in [3.05, 3.63) is 41.9 Å². The Morgan fingerprint density at radius 3 is 2.45 bits per heavy atom. The largest absolute Gasteiger partial charge is 0.477 e. The number of aromatic nitrogens is 5. The summed E-state index contributed by atoms with van der Waals surface area (Å²) in [5.41, 5.74) is 0.202. The number of nitrogens with zero attached hydrogens (tertiary/aromatic N) is 6. The number of pyridine rings is 1. The zero-order valence-corrected chi connectivity index (χ0v) is 27.7. The van der Waals surface area contributed by atoms with Crippen LogP contribution in [0.1, 0.15) is 62.5 Å². The first kappa shape index (κ1) is 30.3. The molecule has 2 aliphatic rings. The van der Waals surface area contributed by atoms with E-state index in [1.54, 1.807) is 37.0 Å². The summed E-state index contributed by atoms with van der Waals surface area (Å²) in [4.78, 5) is 20.5. The number of hydrogen-bond donors (Lipinski definition) is 1. The first-order valence-electron chi connectivity index (χ1n) is 14.6. The van der Waals surface area contributed by atoms with Crippen LogP contribution < -0.4 is 14.4 Å². The van der Waals surface area contributed by atoms with Crippen molar-refractivity contribution in [1.82, 2.24) is 29.3 Å². The molecule has 0 bridgehead atoms. The number of carbonyl (C=O) groups is 1. The molecule has 1 N–H and O–H groups in total. The fourth-order valence-electron chi connectivity index (χ4n) is 6.37. The van der Waals surface area contributed by atoms with Gasteiger partial charge in [-0.15, -0.1) is 5.10 Å². The van der Waals surface area contributed by atoms with E-state index >= 15 is 0 Å². The number of amides is 1. The number of sulfonamides is 1. The number of nitrogens with one attached hydrogen (secondary N) is 1. The Kier molecular flexibility index (Phi) is 7.58. The van der Waals surface area contributed by atoms with Crippen molar-refractivity contribution < 1.29 is 17.9 Å². The SMILES string of the molecule is Cc1nn(C)cc1S(=O)(=O)NC(=O)c1ccc(-n2ccc(OCCC3([Si](C)(C)C)CC3)n2)nc1N1C[C@@H](C)CC1(C)C. The Morgan fingerprint density at radius 1 is 1.17 bits per heavy atom. The molecule has 3 aromatic rings. The van der Waals surface area contributed by atoms with Crippen LogP contribution in [0.5, 0.6) is 5.88 Å². The first-order valence-corrected chi connectivity index (χ1v) is 19.5. The molecule has 11 nitrogen and oxygen atoms in total. The molecule has 228 valence electrons. The smallest absolute Gasteiger partial charge is 0.268 e. The maximum atomic E-state index is 13.5. The predicted octanol–water partition coefficient (Wildman–Crippen LogP) is 4.69. The summed E-state index contributed by atoms with van der Waals surface area (Å²) in [6.07, 6.45) is 7.71. The van der Waals surface area contributed by atoms with Crippen molar-refractivity contribution in [3.8, 4) is 11.7 Å². The summed E-state index contributed by atoms with van der Waals surface area (Å²) in [6.45, 7) is 16.6. The molecule has 1 atom stereocenters. The van der Waals surface area contributed by atoms with Gasteiger partial charge in [0.1, 0.15) is 10.7 Å². The lowest BCUT2D eigenvalue weighted by Crippen LogP contribution is -2.41. The molecule has 0 spiro atoms. The van der Waals surface area contributed by atoms with E-state index in [1.807, 2.05) is 6.07 Å². The number of hydrogen-bond acceptors (Lipinski definition) is 8. The molecule has 42 heavy (non-hydrogen) atoms. The van der Waals surface area contributed by atoms with Gasteiger partial charge in [-0.3, -0.25) is 9.48 Å². The van der Waals surface area contributed by atoms with E-state index in [9.17, 15) is 13.2 Å². The summed E-state index contributed by atoms with van der Waals surface area (Å²) >= 11 is 0. The molecule has 1 saturated carbocycles. The quantitative estimate of drug-likeness (QED) is 0.327. The molecule has 1 aliphatic carbocycles. The molecule has 1 aliphatic heterocycles. The lowest BCUT2D eigenvalue weighted by Gasteiger charge is -2.34. The van der Waals surface area contributed by atoms with Crippen LogP contribution in [0.2, 0.25) is 24.7 Å². The third kappa shape index (κ3) is 5.85. The molecule has 4 heterocycles. The molecule has 13 heteroatoms. The summed E-state index contributed by atoms with van der Waals surface area (Å²) in [5.74, 6) is 1.08. The predicted molar refractivity (Wildman–Crippen MR) is 165 cm³/mol. The molecular formula is C29H43N7O4SSi. The van der Waals surface area contributed by atoms with E-state index in [-0.39, 0.29) is 16.0 Å². The second-order valence-corrected chi connectivity index (χ2v) is 20.9. The van der Waals surface area contributed by atoms with Crippen LogP contribution in [0.3, 0.4) is 0 Å². The maximum absolute atomic E-state index is 13.5. The minimum absolute atomic E-state index is 0.0406. The molecule has 0 radical (unpaired) electrons. The van der Waals surface area contributed by atoms with E-state index in [0.717, 1.165) is 12.8 Å². The van der Waals surface area contributed by atoms with E-state index in [2.05, 4.69) is 60.2 Å². The zero-order chi connectivity index (χ0) is 30.7. The van der Waals surface area contributed by atoms with Crippen molar-refractivity contribution in [2.45, 2.75) is 88.5 Å². The van der Waals surface area contributed by atoms with Crippen molar-refractivity contribution in [1.29, 1.82) is 0 Å². The third-order valence-electron chi connectivity index (χ3n) is 8.99. The van der Waals surface area contributed by atoms with E-state index in [4.69, 9.17) is 9.72 Å². The Morgan fingerprint density at radius 2 is 1.88 bits per heavy atom. The fraction of sp³-hybridized carbons (Fsp3) is 0.586. The number of rotatable bonds is 10. The summed E-state index contributed by atoms with van der Waals surface area (Å²) in [6, 6.07) is 5.11. The number of anilines is 1. The van der Waals surface area contributed by atoms with Gasteiger partial charge in [0, 0.05) is 37.6 Å². The molecule has 2 fully saturated rings. The van der Waals surface area contributed by atoms with Gasteiger partial charge in [0.25, 0.3) is 15.9 Å². The minimum Gasteiger partial charge on any atom is -0.477 e. The van der Waals surface area contributed by atoms with Crippen molar-refractivity contribution in [3.63, 3.8) is 0 Å². The van der Waals surface area contributed by atoms with Crippen LogP contribution >= 0.6 is 0 Å². The van der Waals surface area contributed by atoms with Gasteiger partial charge in [-0.2, -0.15) is 5.10 Å². The number of ether oxygens (including phenoxy) is 1. The highest BCUT2D eigenvalue weighted by Crippen LogP contribution is 2.63. The average Bonchev–Trinajstić information content (AvgIpc) is 3.25. The second-order valence-electron chi connectivity index (χ2n) is 13.7. The normalized spacial score (nSPS) is 19.6. The zero-order valence-electron chi connectivity index (χ0n) is 25.9. The molecule has 1 saturated heterocycles.